The molecule has 0 unspecified atom stereocenters. The molecular weight excluding hydrogens is 296 g/mol. The number of hydrogen-bond acceptors (Lipinski definition) is 3. The van der Waals surface area contributed by atoms with E-state index >= 15 is 0 Å². The zero-order valence-electron chi connectivity index (χ0n) is 10.2. The molecule has 0 atom stereocenters. The van der Waals surface area contributed by atoms with Crippen molar-refractivity contribution in [3.8, 4) is 0 Å². The Morgan fingerprint density at radius 2 is 2.33 bits per heavy atom. The fraction of sp³-hybridized carbons (Fsp3) is 0.231. The van der Waals surface area contributed by atoms with Crippen molar-refractivity contribution in [3.05, 3.63) is 46.0 Å². The van der Waals surface area contributed by atoms with E-state index in [0.29, 0.717) is 23.6 Å². The van der Waals surface area contributed by atoms with E-state index in [1.165, 1.54) is 6.26 Å². The van der Waals surface area contributed by atoms with E-state index in [9.17, 15) is 4.79 Å². The van der Waals surface area contributed by atoms with Gasteiger partial charge in [0.05, 0.1) is 11.8 Å². The number of anilines is 1. The van der Waals surface area contributed by atoms with Gasteiger partial charge in [0, 0.05) is 17.1 Å². The van der Waals surface area contributed by atoms with Gasteiger partial charge in [-0.15, -0.1) is 0 Å². The first-order valence-corrected chi connectivity index (χ1v) is 6.41. The molecule has 0 aliphatic carbocycles. The first-order valence-electron chi connectivity index (χ1n) is 5.61. The summed E-state index contributed by atoms with van der Waals surface area (Å²) in [7, 11) is 0. The molecule has 2 aromatic rings. The monoisotopic (exact) mass is 308 g/mol. The van der Waals surface area contributed by atoms with Crippen LogP contribution in [0.1, 0.15) is 28.6 Å². The molecule has 18 heavy (non-hydrogen) atoms. The number of aryl methyl sites for hydroxylation is 2. The van der Waals surface area contributed by atoms with Gasteiger partial charge in [0.2, 0.25) is 0 Å². The molecule has 5 heteroatoms. The molecule has 0 aliphatic rings. The molecule has 1 amide bonds. The second-order valence-electron chi connectivity index (χ2n) is 3.88. The lowest BCUT2D eigenvalue weighted by Crippen LogP contribution is -2.13. The van der Waals surface area contributed by atoms with Crippen LogP contribution >= 0.6 is 15.9 Å². The molecule has 1 N–H and O–H groups in total. The molecule has 0 saturated heterocycles. The first kappa shape index (κ1) is 12.8. The normalized spacial score (nSPS) is 10.4. The highest BCUT2D eigenvalue weighted by Gasteiger charge is 2.14. The second-order valence-corrected chi connectivity index (χ2v) is 4.74. The van der Waals surface area contributed by atoms with E-state index in [0.717, 1.165) is 10.0 Å². The predicted molar refractivity (Wildman–Crippen MR) is 72.7 cm³/mol. The number of furan rings is 1. The van der Waals surface area contributed by atoms with Gasteiger partial charge in [0.15, 0.2) is 0 Å². The number of hydrogen-bond donors (Lipinski definition) is 1. The van der Waals surface area contributed by atoms with Gasteiger partial charge in [-0.1, -0.05) is 6.92 Å². The van der Waals surface area contributed by atoms with Gasteiger partial charge < -0.3 is 9.73 Å². The Hall–Kier alpha value is -1.62. The Balaban J connectivity index is 2.19. The zero-order valence-corrected chi connectivity index (χ0v) is 11.7. The van der Waals surface area contributed by atoms with E-state index in [1.54, 1.807) is 12.3 Å². The van der Waals surface area contributed by atoms with Gasteiger partial charge in [0.25, 0.3) is 5.91 Å². The minimum Gasteiger partial charge on any atom is -0.469 e. The van der Waals surface area contributed by atoms with Gasteiger partial charge in [0.1, 0.15) is 11.6 Å². The maximum Gasteiger partial charge on any atom is 0.260 e. The van der Waals surface area contributed by atoms with Crippen LogP contribution in [0.25, 0.3) is 0 Å². The Bertz CT molecular complexity index is 578. The minimum absolute atomic E-state index is 0.199. The van der Waals surface area contributed by atoms with Crippen LogP contribution in [-0.2, 0) is 6.42 Å². The van der Waals surface area contributed by atoms with Crippen LogP contribution < -0.4 is 5.32 Å². The number of rotatable bonds is 3. The van der Waals surface area contributed by atoms with Crippen molar-refractivity contribution < 1.29 is 9.21 Å². The first-order chi connectivity index (χ1) is 8.61. The lowest BCUT2D eigenvalue weighted by molar-refractivity contribution is 0.102. The highest BCUT2D eigenvalue weighted by Crippen LogP contribution is 2.18. The fourth-order valence-electron chi connectivity index (χ4n) is 1.61. The Morgan fingerprint density at radius 1 is 1.56 bits per heavy atom. The standard InChI is InChI=1S/C13H13BrN2O2/c1-3-11-9(4-5-18-11)13(17)16-12-6-8(2)10(14)7-15-12/h4-7H,3H2,1-2H3,(H,15,16,17). The van der Waals surface area contributed by atoms with Gasteiger partial charge in [-0.05, 0) is 40.5 Å². The summed E-state index contributed by atoms with van der Waals surface area (Å²) in [5.74, 6) is 1.01. The summed E-state index contributed by atoms with van der Waals surface area (Å²) >= 11 is 3.37. The number of carbonyl (C=O) groups is 1. The molecule has 2 rings (SSSR count). The average molecular weight is 309 g/mol. The summed E-state index contributed by atoms with van der Waals surface area (Å²) in [6, 6.07) is 3.48. The van der Waals surface area contributed by atoms with Crippen LogP contribution in [0.4, 0.5) is 5.82 Å². The van der Waals surface area contributed by atoms with Crippen LogP contribution in [0.5, 0.6) is 0 Å². The summed E-state index contributed by atoms with van der Waals surface area (Å²) in [4.78, 5) is 16.2. The minimum atomic E-state index is -0.199. The van der Waals surface area contributed by atoms with Crippen LogP contribution in [0.3, 0.4) is 0 Å². The van der Waals surface area contributed by atoms with E-state index in [-0.39, 0.29) is 5.91 Å². The molecule has 4 nitrogen and oxygen atoms in total. The van der Waals surface area contributed by atoms with E-state index in [4.69, 9.17) is 4.42 Å². The van der Waals surface area contributed by atoms with E-state index in [2.05, 4.69) is 26.2 Å². The third-order valence-corrected chi connectivity index (χ3v) is 3.43. The zero-order chi connectivity index (χ0) is 13.1. The lowest BCUT2D eigenvalue weighted by atomic mass is 10.2. The highest BCUT2D eigenvalue weighted by atomic mass is 79.9. The van der Waals surface area contributed by atoms with Crippen molar-refractivity contribution in [2.45, 2.75) is 20.3 Å². The molecule has 0 radical (unpaired) electrons. The molecule has 2 aromatic heterocycles. The molecular formula is C13H13BrN2O2. The van der Waals surface area contributed by atoms with Crippen LogP contribution in [-0.4, -0.2) is 10.9 Å². The van der Waals surface area contributed by atoms with Crippen molar-refractivity contribution in [2.75, 3.05) is 5.32 Å². The fourth-order valence-corrected chi connectivity index (χ4v) is 1.82. The largest absolute Gasteiger partial charge is 0.469 e. The summed E-state index contributed by atoms with van der Waals surface area (Å²) < 4.78 is 6.14. The maximum atomic E-state index is 12.0. The summed E-state index contributed by atoms with van der Waals surface area (Å²) in [6.07, 6.45) is 3.87. The maximum absolute atomic E-state index is 12.0. The van der Waals surface area contributed by atoms with E-state index < -0.39 is 0 Å². The van der Waals surface area contributed by atoms with Crippen LogP contribution in [0, 0.1) is 6.92 Å². The van der Waals surface area contributed by atoms with Crippen molar-refractivity contribution in [1.29, 1.82) is 0 Å². The molecule has 94 valence electrons. The third-order valence-electron chi connectivity index (χ3n) is 2.60. The lowest BCUT2D eigenvalue weighted by Gasteiger charge is -2.05. The number of carbonyl (C=O) groups excluding carboxylic acids is 1. The Kier molecular flexibility index (Phi) is 3.81. The predicted octanol–water partition coefficient (Wildman–Crippen LogP) is 3.56. The van der Waals surface area contributed by atoms with Crippen molar-refractivity contribution in [2.24, 2.45) is 0 Å². The van der Waals surface area contributed by atoms with Crippen molar-refractivity contribution in [1.82, 2.24) is 4.98 Å². The highest BCUT2D eigenvalue weighted by molar-refractivity contribution is 9.10. The van der Waals surface area contributed by atoms with Gasteiger partial charge in [-0.2, -0.15) is 0 Å². The number of pyridine rings is 1. The Labute approximate surface area is 114 Å². The number of halogens is 1. The number of aromatic nitrogens is 1. The van der Waals surface area contributed by atoms with Crippen LogP contribution in [0.15, 0.2) is 33.5 Å². The third kappa shape index (κ3) is 2.61. The molecule has 0 spiro atoms. The quantitative estimate of drug-likeness (QED) is 0.943. The number of nitrogens with one attached hydrogen (secondary N) is 1. The molecule has 0 bridgehead atoms. The van der Waals surface area contributed by atoms with Gasteiger partial charge in [-0.25, -0.2) is 4.98 Å². The summed E-state index contributed by atoms with van der Waals surface area (Å²) in [5, 5.41) is 2.76. The molecule has 0 aromatic carbocycles. The second kappa shape index (κ2) is 5.35. The number of nitrogens with zero attached hydrogens (tertiary/aromatic N) is 1. The van der Waals surface area contributed by atoms with E-state index in [1.807, 2.05) is 19.9 Å². The average Bonchev–Trinajstić information content (AvgIpc) is 2.82. The summed E-state index contributed by atoms with van der Waals surface area (Å²) in [6.45, 7) is 3.88. The van der Waals surface area contributed by atoms with Crippen molar-refractivity contribution >= 4 is 27.7 Å². The topological polar surface area (TPSA) is 55.1 Å². The molecule has 0 saturated carbocycles. The molecule has 2 heterocycles. The number of amides is 1. The van der Waals surface area contributed by atoms with Gasteiger partial charge >= 0.3 is 0 Å². The Morgan fingerprint density at radius 3 is 3.00 bits per heavy atom. The molecule has 0 fully saturated rings. The smallest absolute Gasteiger partial charge is 0.260 e. The van der Waals surface area contributed by atoms with Crippen molar-refractivity contribution in [3.63, 3.8) is 0 Å². The SMILES string of the molecule is CCc1occc1C(=O)Nc1cc(C)c(Br)cn1. The van der Waals surface area contributed by atoms with Crippen LogP contribution in [0.2, 0.25) is 0 Å². The van der Waals surface area contributed by atoms with Gasteiger partial charge in [-0.3, -0.25) is 4.79 Å². The summed E-state index contributed by atoms with van der Waals surface area (Å²) in [5.41, 5.74) is 1.57. The molecule has 0 aliphatic heterocycles.